The molecule has 0 radical (unpaired) electrons. The highest BCUT2D eigenvalue weighted by molar-refractivity contribution is 7.17. The average Bonchev–Trinajstić information content (AvgIpc) is 3.23. The maximum Gasteiger partial charge on any atom is 0.262 e. The topological polar surface area (TPSA) is 71.8 Å². The van der Waals surface area contributed by atoms with E-state index in [-0.39, 0.29) is 11.8 Å². The van der Waals surface area contributed by atoms with Gasteiger partial charge in [0.05, 0.1) is 23.0 Å². The third-order valence-corrected chi connectivity index (χ3v) is 4.95. The Labute approximate surface area is 144 Å². The van der Waals surface area contributed by atoms with Crippen LogP contribution in [0.3, 0.4) is 0 Å². The summed E-state index contributed by atoms with van der Waals surface area (Å²) in [6.45, 7) is 5.82. The fraction of sp³-hybridized carbons (Fsp3) is 0.412. The number of nitrogens with zero attached hydrogens (tertiary/aromatic N) is 1. The molecule has 0 aromatic carbocycles. The van der Waals surface area contributed by atoms with Gasteiger partial charge in [0.15, 0.2) is 0 Å². The highest BCUT2D eigenvalue weighted by atomic mass is 32.1. The number of thiophene rings is 1. The lowest BCUT2D eigenvalue weighted by atomic mass is 10.2. The Bertz CT molecular complexity index is 731. The number of hydrogen-bond donors (Lipinski definition) is 1. The van der Waals surface area contributed by atoms with Crippen LogP contribution >= 0.6 is 11.3 Å². The molecule has 2 aromatic heterocycles. The lowest BCUT2D eigenvalue weighted by Crippen LogP contribution is -2.50. The molecule has 1 atom stereocenters. The summed E-state index contributed by atoms with van der Waals surface area (Å²) in [7, 11) is 0. The third kappa shape index (κ3) is 3.68. The summed E-state index contributed by atoms with van der Waals surface area (Å²) >= 11 is 1.35. The summed E-state index contributed by atoms with van der Waals surface area (Å²) in [4.78, 5) is 27.9. The molecule has 0 spiro atoms. The standard InChI is InChI=1S/C17H20N2O4S/c1-11-3-4-13(23-11)14-5-6-15(24-14)16(20)18-12(2)17(21)19-7-9-22-10-8-19/h3-6,12H,7-10H2,1-2H3,(H,18,20). The van der Waals surface area contributed by atoms with Gasteiger partial charge in [-0.25, -0.2) is 0 Å². The molecule has 7 heteroatoms. The molecule has 0 aliphatic carbocycles. The fourth-order valence-electron chi connectivity index (χ4n) is 2.55. The molecule has 1 saturated heterocycles. The number of hydrogen-bond acceptors (Lipinski definition) is 5. The maximum atomic E-state index is 12.4. The molecule has 0 saturated carbocycles. The van der Waals surface area contributed by atoms with Crippen molar-refractivity contribution in [3.05, 3.63) is 34.9 Å². The first-order chi connectivity index (χ1) is 11.5. The van der Waals surface area contributed by atoms with E-state index in [2.05, 4.69) is 5.32 Å². The van der Waals surface area contributed by atoms with Gasteiger partial charge >= 0.3 is 0 Å². The number of ether oxygens (including phenoxy) is 1. The van der Waals surface area contributed by atoms with E-state index in [1.165, 1.54) is 11.3 Å². The van der Waals surface area contributed by atoms with Gasteiger partial charge in [-0.2, -0.15) is 0 Å². The number of morpholine rings is 1. The van der Waals surface area contributed by atoms with Crippen molar-refractivity contribution in [2.45, 2.75) is 19.9 Å². The molecule has 1 aliphatic heterocycles. The third-order valence-electron chi connectivity index (χ3n) is 3.85. The van der Waals surface area contributed by atoms with Gasteiger partial charge in [-0.15, -0.1) is 11.3 Å². The number of carbonyl (C=O) groups excluding carboxylic acids is 2. The first-order valence-electron chi connectivity index (χ1n) is 7.88. The van der Waals surface area contributed by atoms with Crippen LogP contribution in [0, 0.1) is 6.92 Å². The zero-order valence-electron chi connectivity index (χ0n) is 13.7. The molecule has 6 nitrogen and oxygen atoms in total. The number of carbonyl (C=O) groups is 2. The maximum absolute atomic E-state index is 12.4. The van der Waals surface area contributed by atoms with E-state index >= 15 is 0 Å². The van der Waals surface area contributed by atoms with Gasteiger partial charge < -0.3 is 19.4 Å². The second kappa shape index (κ2) is 7.19. The second-order valence-electron chi connectivity index (χ2n) is 5.71. The van der Waals surface area contributed by atoms with Crippen molar-refractivity contribution in [3.8, 4) is 10.6 Å². The van der Waals surface area contributed by atoms with Crippen molar-refractivity contribution >= 4 is 23.2 Å². The van der Waals surface area contributed by atoms with Crippen LogP contribution in [0.15, 0.2) is 28.7 Å². The Morgan fingerprint density at radius 1 is 1.21 bits per heavy atom. The number of amides is 2. The van der Waals surface area contributed by atoms with E-state index in [1.807, 2.05) is 25.1 Å². The van der Waals surface area contributed by atoms with Gasteiger partial charge in [0.25, 0.3) is 5.91 Å². The smallest absolute Gasteiger partial charge is 0.262 e. The molecular weight excluding hydrogens is 328 g/mol. The molecular formula is C17H20N2O4S. The minimum Gasteiger partial charge on any atom is -0.461 e. The van der Waals surface area contributed by atoms with E-state index in [0.29, 0.717) is 31.2 Å². The van der Waals surface area contributed by atoms with Crippen molar-refractivity contribution in [1.82, 2.24) is 10.2 Å². The lowest BCUT2D eigenvalue weighted by molar-refractivity contribution is -0.136. The number of aryl methyl sites for hydroxylation is 1. The predicted octanol–water partition coefficient (Wildman–Crippen LogP) is 2.29. The highest BCUT2D eigenvalue weighted by Gasteiger charge is 2.24. The number of rotatable bonds is 4. The zero-order chi connectivity index (χ0) is 17.1. The minimum atomic E-state index is -0.563. The summed E-state index contributed by atoms with van der Waals surface area (Å²) in [5, 5.41) is 2.77. The summed E-state index contributed by atoms with van der Waals surface area (Å²) < 4.78 is 10.8. The molecule has 1 aliphatic rings. The van der Waals surface area contributed by atoms with Crippen LogP contribution in [0.1, 0.15) is 22.4 Å². The minimum absolute atomic E-state index is 0.0786. The van der Waals surface area contributed by atoms with E-state index in [0.717, 1.165) is 16.4 Å². The SMILES string of the molecule is Cc1ccc(-c2ccc(C(=O)NC(C)C(=O)N3CCOCC3)s2)o1. The molecule has 2 aromatic rings. The Kier molecular flexibility index (Phi) is 5.01. The summed E-state index contributed by atoms with van der Waals surface area (Å²) in [6, 6.07) is 6.81. The first-order valence-corrected chi connectivity index (χ1v) is 8.70. The molecule has 1 fully saturated rings. The van der Waals surface area contributed by atoms with Crippen LogP contribution in [0.4, 0.5) is 0 Å². The van der Waals surface area contributed by atoms with Gasteiger partial charge in [0, 0.05) is 13.1 Å². The Morgan fingerprint density at radius 3 is 2.62 bits per heavy atom. The van der Waals surface area contributed by atoms with Crippen molar-refractivity contribution < 1.29 is 18.7 Å². The van der Waals surface area contributed by atoms with Crippen molar-refractivity contribution in [1.29, 1.82) is 0 Å². The zero-order valence-corrected chi connectivity index (χ0v) is 14.5. The van der Waals surface area contributed by atoms with Crippen LogP contribution in [0.2, 0.25) is 0 Å². The van der Waals surface area contributed by atoms with Gasteiger partial charge in [0.1, 0.15) is 17.6 Å². The van der Waals surface area contributed by atoms with Gasteiger partial charge in [-0.3, -0.25) is 9.59 Å². The molecule has 128 valence electrons. The predicted molar refractivity (Wildman–Crippen MR) is 91.1 cm³/mol. The van der Waals surface area contributed by atoms with E-state index < -0.39 is 6.04 Å². The summed E-state index contributed by atoms with van der Waals surface area (Å²) in [5.41, 5.74) is 0. The molecule has 2 amide bonds. The average molecular weight is 348 g/mol. The summed E-state index contributed by atoms with van der Waals surface area (Å²) in [6.07, 6.45) is 0. The van der Waals surface area contributed by atoms with E-state index in [4.69, 9.17) is 9.15 Å². The van der Waals surface area contributed by atoms with Crippen molar-refractivity contribution in [2.24, 2.45) is 0 Å². The Balaban J connectivity index is 1.62. The summed E-state index contributed by atoms with van der Waals surface area (Å²) in [5.74, 6) is 1.25. The van der Waals surface area contributed by atoms with Crippen molar-refractivity contribution in [2.75, 3.05) is 26.3 Å². The van der Waals surface area contributed by atoms with E-state index in [9.17, 15) is 9.59 Å². The highest BCUT2D eigenvalue weighted by Crippen LogP contribution is 2.29. The molecule has 1 N–H and O–H groups in total. The van der Waals surface area contributed by atoms with Crippen molar-refractivity contribution in [3.63, 3.8) is 0 Å². The van der Waals surface area contributed by atoms with Gasteiger partial charge in [0.2, 0.25) is 5.91 Å². The van der Waals surface area contributed by atoms with Crippen LogP contribution in [0.5, 0.6) is 0 Å². The fourth-order valence-corrected chi connectivity index (χ4v) is 3.42. The molecule has 1 unspecified atom stereocenters. The Hall–Kier alpha value is -2.12. The molecule has 3 heterocycles. The van der Waals surface area contributed by atoms with Gasteiger partial charge in [-0.05, 0) is 38.1 Å². The van der Waals surface area contributed by atoms with Crippen LogP contribution in [-0.2, 0) is 9.53 Å². The normalized spacial score (nSPS) is 16.0. The molecule has 24 heavy (non-hydrogen) atoms. The van der Waals surface area contributed by atoms with Crippen LogP contribution in [-0.4, -0.2) is 49.1 Å². The largest absolute Gasteiger partial charge is 0.461 e. The quantitative estimate of drug-likeness (QED) is 0.920. The first kappa shape index (κ1) is 16.7. The lowest BCUT2D eigenvalue weighted by Gasteiger charge is -2.29. The molecule has 3 rings (SSSR count). The monoisotopic (exact) mass is 348 g/mol. The molecule has 0 bridgehead atoms. The Morgan fingerprint density at radius 2 is 1.96 bits per heavy atom. The van der Waals surface area contributed by atoms with Gasteiger partial charge in [-0.1, -0.05) is 0 Å². The number of furan rings is 1. The van der Waals surface area contributed by atoms with E-state index in [1.54, 1.807) is 17.9 Å². The van der Waals surface area contributed by atoms with Crippen LogP contribution in [0.25, 0.3) is 10.6 Å². The number of nitrogens with one attached hydrogen (secondary N) is 1. The second-order valence-corrected chi connectivity index (χ2v) is 6.79. The van der Waals surface area contributed by atoms with Crippen LogP contribution < -0.4 is 5.32 Å².